The summed E-state index contributed by atoms with van der Waals surface area (Å²) in [6.45, 7) is 0. The van der Waals surface area contributed by atoms with Gasteiger partial charge in [-0.25, -0.2) is 4.98 Å². The summed E-state index contributed by atoms with van der Waals surface area (Å²) in [7, 11) is 0. The molecule has 0 fully saturated rings. The number of benzene rings is 4. The molecule has 2 amide bonds. The van der Waals surface area contributed by atoms with E-state index >= 15 is 0 Å². The van der Waals surface area contributed by atoms with E-state index in [1.165, 1.54) is 34.7 Å². The largest absolute Gasteiger partial charge is 0.459 e. The summed E-state index contributed by atoms with van der Waals surface area (Å²) < 4.78 is 5.18. The number of nitrogens with one attached hydrogen (secondary N) is 2. The zero-order chi connectivity index (χ0) is 27.3. The van der Waals surface area contributed by atoms with Gasteiger partial charge in [0.25, 0.3) is 5.91 Å². The van der Waals surface area contributed by atoms with E-state index in [0.717, 1.165) is 27.1 Å². The predicted octanol–water partition coefficient (Wildman–Crippen LogP) is 8.28. The number of fused-ring (bicyclic) bond motifs is 1. The smallest absolute Gasteiger partial charge is 0.291 e. The number of nitrogens with zero attached hydrogens (tertiary/aromatic N) is 1. The van der Waals surface area contributed by atoms with Crippen molar-refractivity contribution in [1.82, 2.24) is 4.98 Å². The summed E-state index contributed by atoms with van der Waals surface area (Å²) in [5.41, 5.74) is 3.28. The maximum Gasteiger partial charge on any atom is 0.291 e. The highest BCUT2D eigenvalue weighted by Gasteiger charge is 2.23. The summed E-state index contributed by atoms with van der Waals surface area (Å²) in [5.74, 6) is -0.290. The SMILES string of the molecule is O=C(Nc1cccc(SC(C(=O)Nc2nc(-c3ccc4ccccc4c3)cs2)c2ccccc2)c1)c1ccco1. The normalized spacial score (nSPS) is 11.7. The number of carbonyl (C=O) groups is 2. The second-order valence-corrected chi connectivity index (χ2v) is 11.0. The van der Waals surface area contributed by atoms with Crippen LogP contribution in [0.5, 0.6) is 0 Å². The van der Waals surface area contributed by atoms with E-state index in [1.54, 1.807) is 18.2 Å². The molecule has 0 spiro atoms. The molecule has 0 aliphatic carbocycles. The molecule has 40 heavy (non-hydrogen) atoms. The monoisotopic (exact) mass is 561 g/mol. The van der Waals surface area contributed by atoms with Crippen molar-refractivity contribution in [3.8, 4) is 11.3 Å². The van der Waals surface area contributed by atoms with Gasteiger partial charge in [0.1, 0.15) is 5.25 Å². The third kappa shape index (κ3) is 5.83. The number of anilines is 2. The minimum atomic E-state index is -0.537. The van der Waals surface area contributed by atoms with Crippen LogP contribution in [-0.2, 0) is 4.79 Å². The van der Waals surface area contributed by atoms with E-state index < -0.39 is 5.25 Å². The molecule has 6 nitrogen and oxygen atoms in total. The van der Waals surface area contributed by atoms with E-state index in [0.29, 0.717) is 10.8 Å². The average Bonchev–Trinajstić information content (AvgIpc) is 3.69. The fourth-order valence-corrected chi connectivity index (χ4v) is 6.07. The molecule has 8 heteroatoms. The van der Waals surface area contributed by atoms with Crippen LogP contribution < -0.4 is 10.6 Å². The Bertz CT molecular complexity index is 1780. The quantitative estimate of drug-likeness (QED) is 0.183. The summed E-state index contributed by atoms with van der Waals surface area (Å²) in [4.78, 5) is 31.6. The molecule has 0 saturated carbocycles. The van der Waals surface area contributed by atoms with Crippen LogP contribution in [0, 0.1) is 0 Å². The zero-order valence-electron chi connectivity index (χ0n) is 21.1. The first kappa shape index (κ1) is 25.6. The average molecular weight is 562 g/mol. The maximum absolute atomic E-state index is 13.6. The van der Waals surface area contributed by atoms with Crippen LogP contribution in [0.25, 0.3) is 22.0 Å². The number of thiazole rings is 1. The van der Waals surface area contributed by atoms with Crippen LogP contribution in [0.3, 0.4) is 0 Å². The molecular formula is C32H23N3O3S2. The fourth-order valence-electron chi connectivity index (χ4n) is 4.27. The van der Waals surface area contributed by atoms with E-state index in [2.05, 4.69) is 34.9 Å². The Kier molecular flexibility index (Phi) is 7.43. The maximum atomic E-state index is 13.6. The Labute approximate surface area is 239 Å². The molecule has 1 unspecified atom stereocenters. The van der Waals surface area contributed by atoms with Crippen molar-refractivity contribution < 1.29 is 14.0 Å². The molecule has 0 radical (unpaired) electrons. The first-order valence-electron chi connectivity index (χ1n) is 12.5. The number of thioether (sulfide) groups is 1. The molecule has 6 rings (SSSR count). The van der Waals surface area contributed by atoms with Crippen LogP contribution in [0.2, 0.25) is 0 Å². The van der Waals surface area contributed by atoms with Crippen molar-refractivity contribution in [3.63, 3.8) is 0 Å². The minimum Gasteiger partial charge on any atom is -0.459 e. The minimum absolute atomic E-state index is 0.180. The van der Waals surface area contributed by atoms with Gasteiger partial charge in [-0.05, 0) is 52.7 Å². The highest BCUT2D eigenvalue weighted by molar-refractivity contribution is 8.00. The summed E-state index contributed by atoms with van der Waals surface area (Å²) >= 11 is 2.80. The van der Waals surface area contributed by atoms with Crippen LogP contribution in [-0.4, -0.2) is 16.8 Å². The Hall–Kier alpha value is -4.66. The van der Waals surface area contributed by atoms with Gasteiger partial charge in [0.2, 0.25) is 5.91 Å². The van der Waals surface area contributed by atoms with Crippen molar-refractivity contribution in [2.24, 2.45) is 0 Å². The Balaban J connectivity index is 1.21. The van der Waals surface area contributed by atoms with Gasteiger partial charge in [0.05, 0.1) is 12.0 Å². The second-order valence-electron chi connectivity index (χ2n) is 8.96. The lowest BCUT2D eigenvalue weighted by atomic mass is 10.1. The Morgan fingerprint density at radius 1 is 0.800 bits per heavy atom. The van der Waals surface area contributed by atoms with Gasteiger partial charge in [0.15, 0.2) is 10.9 Å². The fraction of sp³-hybridized carbons (Fsp3) is 0.0312. The van der Waals surface area contributed by atoms with Crippen molar-refractivity contribution in [1.29, 1.82) is 0 Å². The van der Waals surface area contributed by atoms with Gasteiger partial charge < -0.3 is 15.1 Å². The number of hydrogen-bond donors (Lipinski definition) is 2. The van der Waals surface area contributed by atoms with Crippen LogP contribution >= 0.6 is 23.1 Å². The van der Waals surface area contributed by atoms with Gasteiger partial charge in [-0.15, -0.1) is 23.1 Å². The van der Waals surface area contributed by atoms with Crippen LogP contribution in [0.4, 0.5) is 10.8 Å². The molecule has 1 atom stereocenters. The molecule has 6 aromatic rings. The van der Waals surface area contributed by atoms with Gasteiger partial charge in [0, 0.05) is 21.5 Å². The molecule has 2 aromatic heterocycles. The standard InChI is InChI=1S/C32H23N3O3S2/c36-30(28-14-7-17-38-28)33-25-12-6-13-26(19-25)40-29(22-9-2-1-3-10-22)31(37)35-32-34-27(20-39-32)24-16-15-21-8-4-5-11-23(21)18-24/h1-20,29H,(H,33,36)(H,34,35,37). The van der Waals surface area contributed by atoms with Crippen molar-refractivity contribution in [2.75, 3.05) is 10.6 Å². The van der Waals surface area contributed by atoms with E-state index in [4.69, 9.17) is 9.40 Å². The molecule has 2 heterocycles. The lowest BCUT2D eigenvalue weighted by molar-refractivity contribution is -0.115. The van der Waals surface area contributed by atoms with E-state index in [-0.39, 0.29) is 17.6 Å². The first-order chi connectivity index (χ1) is 19.6. The third-order valence-corrected chi connectivity index (χ3v) is 8.22. The van der Waals surface area contributed by atoms with E-state index in [1.807, 2.05) is 72.1 Å². The van der Waals surface area contributed by atoms with Crippen molar-refractivity contribution >= 4 is 56.5 Å². The van der Waals surface area contributed by atoms with Gasteiger partial charge >= 0.3 is 0 Å². The van der Waals surface area contributed by atoms with Gasteiger partial charge in [-0.2, -0.15) is 0 Å². The number of aromatic nitrogens is 1. The lowest BCUT2D eigenvalue weighted by Crippen LogP contribution is -2.19. The summed E-state index contributed by atoms with van der Waals surface area (Å²) in [6, 6.07) is 34.7. The molecule has 0 saturated heterocycles. The van der Waals surface area contributed by atoms with Gasteiger partial charge in [-0.1, -0.05) is 72.8 Å². The summed E-state index contributed by atoms with van der Waals surface area (Å²) in [5, 5.41) is 10.1. The van der Waals surface area contributed by atoms with Gasteiger partial charge in [-0.3, -0.25) is 9.59 Å². The number of furan rings is 1. The summed E-state index contributed by atoms with van der Waals surface area (Å²) in [6.07, 6.45) is 1.46. The molecule has 0 bridgehead atoms. The lowest BCUT2D eigenvalue weighted by Gasteiger charge is -2.17. The third-order valence-electron chi connectivity index (χ3n) is 6.21. The Morgan fingerprint density at radius 2 is 1.62 bits per heavy atom. The molecule has 2 N–H and O–H groups in total. The number of carbonyl (C=O) groups excluding carboxylic acids is 2. The van der Waals surface area contributed by atoms with E-state index in [9.17, 15) is 9.59 Å². The topological polar surface area (TPSA) is 84.2 Å². The van der Waals surface area contributed by atoms with Crippen molar-refractivity contribution in [3.05, 3.63) is 132 Å². The number of hydrogen-bond acceptors (Lipinski definition) is 6. The molecule has 4 aromatic carbocycles. The zero-order valence-corrected chi connectivity index (χ0v) is 22.7. The molecule has 0 aliphatic heterocycles. The number of amides is 2. The molecule has 0 aliphatic rings. The van der Waals surface area contributed by atoms with Crippen molar-refractivity contribution in [2.45, 2.75) is 10.1 Å². The highest BCUT2D eigenvalue weighted by Crippen LogP contribution is 2.38. The molecular weight excluding hydrogens is 539 g/mol. The number of rotatable bonds is 8. The van der Waals surface area contributed by atoms with Crippen LogP contribution in [0.15, 0.2) is 130 Å². The predicted molar refractivity (Wildman–Crippen MR) is 162 cm³/mol. The molecule has 196 valence electrons. The first-order valence-corrected chi connectivity index (χ1v) is 14.3. The van der Waals surface area contributed by atoms with Crippen LogP contribution in [0.1, 0.15) is 21.4 Å². The Morgan fingerprint density at radius 3 is 2.45 bits per heavy atom. The highest BCUT2D eigenvalue weighted by atomic mass is 32.2. The second kappa shape index (κ2) is 11.6.